The molecule has 1 aliphatic heterocycles. The van der Waals surface area contributed by atoms with Gasteiger partial charge < -0.3 is 10.2 Å². The lowest BCUT2D eigenvalue weighted by molar-refractivity contribution is 0.229. The molecule has 2 fully saturated rings. The van der Waals surface area contributed by atoms with Crippen LogP contribution in [0.5, 0.6) is 0 Å². The maximum Gasteiger partial charge on any atom is 0.00797 e. The first-order chi connectivity index (χ1) is 8.75. The molecule has 18 heavy (non-hydrogen) atoms. The third-order valence-corrected chi connectivity index (χ3v) is 4.95. The minimum Gasteiger partial charge on any atom is -0.314 e. The van der Waals surface area contributed by atoms with Gasteiger partial charge in [-0.05, 0) is 65.1 Å². The zero-order chi connectivity index (χ0) is 12.8. The van der Waals surface area contributed by atoms with Crippen LogP contribution < -0.4 is 5.32 Å². The van der Waals surface area contributed by atoms with Gasteiger partial charge in [0.1, 0.15) is 0 Å². The van der Waals surface area contributed by atoms with Crippen LogP contribution in [0.3, 0.4) is 0 Å². The summed E-state index contributed by atoms with van der Waals surface area (Å²) in [4.78, 5) is 2.64. The molecular formula is C16H32N2. The van der Waals surface area contributed by atoms with E-state index in [1.165, 1.54) is 71.0 Å². The predicted octanol–water partition coefficient (Wildman–Crippen LogP) is 3.42. The molecule has 0 aromatic rings. The average molecular weight is 252 g/mol. The van der Waals surface area contributed by atoms with Gasteiger partial charge in [0.15, 0.2) is 0 Å². The Morgan fingerprint density at radius 2 is 1.78 bits per heavy atom. The number of likely N-dealkylation sites (tertiary alicyclic amines) is 1. The Kier molecular flexibility index (Phi) is 5.97. The maximum absolute atomic E-state index is 3.82. The van der Waals surface area contributed by atoms with Crippen LogP contribution in [0.1, 0.15) is 65.2 Å². The lowest BCUT2D eigenvalue weighted by atomic mass is 10.0. The highest BCUT2D eigenvalue weighted by Gasteiger charge is 2.19. The summed E-state index contributed by atoms with van der Waals surface area (Å²) in [6.07, 6.45) is 11.5. The van der Waals surface area contributed by atoms with Crippen molar-refractivity contribution in [3.63, 3.8) is 0 Å². The predicted molar refractivity (Wildman–Crippen MR) is 78.9 cm³/mol. The van der Waals surface area contributed by atoms with E-state index in [1.807, 2.05) is 0 Å². The molecule has 1 saturated heterocycles. The topological polar surface area (TPSA) is 15.3 Å². The maximum atomic E-state index is 3.82. The molecule has 0 aromatic carbocycles. The third kappa shape index (κ3) is 4.55. The highest BCUT2D eigenvalue weighted by atomic mass is 15.1. The van der Waals surface area contributed by atoms with Crippen molar-refractivity contribution in [3.8, 4) is 0 Å². The molecule has 1 heterocycles. The summed E-state index contributed by atoms with van der Waals surface area (Å²) in [6, 6.07) is 1.51. The number of rotatable bonds is 5. The minimum absolute atomic E-state index is 0.724. The lowest BCUT2D eigenvalue weighted by Gasteiger charge is -2.24. The van der Waals surface area contributed by atoms with Crippen LogP contribution in [0.25, 0.3) is 0 Å². The molecule has 106 valence electrons. The molecule has 2 nitrogen and oxygen atoms in total. The first-order valence-corrected chi connectivity index (χ1v) is 8.23. The van der Waals surface area contributed by atoms with E-state index in [-0.39, 0.29) is 0 Å². The molecular weight excluding hydrogens is 220 g/mol. The van der Waals surface area contributed by atoms with Gasteiger partial charge in [0.05, 0.1) is 0 Å². The van der Waals surface area contributed by atoms with Crippen LogP contribution >= 0.6 is 0 Å². The van der Waals surface area contributed by atoms with Gasteiger partial charge in [0, 0.05) is 12.1 Å². The second-order valence-electron chi connectivity index (χ2n) is 6.65. The fourth-order valence-electron chi connectivity index (χ4n) is 3.63. The molecule has 0 aromatic heterocycles. The van der Waals surface area contributed by atoms with Crippen LogP contribution in [-0.2, 0) is 0 Å². The smallest absolute Gasteiger partial charge is 0.00797 e. The monoisotopic (exact) mass is 252 g/mol. The highest BCUT2D eigenvalue weighted by molar-refractivity contribution is 4.77. The van der Waals surface area contributed by atoms with Crippen molar-refractivity contribution in [3.05, 3.63) is 0 Å². The zero-order valence-corrected chi connectivity index (χ0v) is 12.5. The van der Waals surface area contributed by atoms with Crippen molar-refractivity contribution in [1.82, 2.24) is 10.2 Å². The number of nitrogens with zero attached hydrogens (tertiary/aromatic N) is 1. The quantitative estimate of drug-likeness (QED) is 0.806. The van der Waals surface area contributed by atoms with Crippen molar-refractivity contribution < 1.29 is 0 Å². The number of hydrogen-bond donors (Lipinski definition) is 1. The first kappa shape index (κ1) is 14.3. The molecule has 0 bridgehead atoms. The lowest BCUT2D eigenvalue weighted by Crippen LogP contribution is -2.34. The molecule has 1 N–H and O–H groups in total. The van der Waals surface area contributed by atoms with Gasteiger partial charge >= 0.3 is 0 Å². The van der Waals surface area contributed by atoms with E-state index in [0.717, 1.165) is 18.0 Å². The normalized spacial score (nSPS) is 27.8. The molecule has 0 radical (unpaired) electrons. The van der Waals surface area contributed by atoms with Crippen LogP contribution in [0.4, 0.5) is 0 Å². The fourth-order valence-corrected chi connectivity index (χ4v) is 3.63. The molecule has 1 atom stereocenters. The summed E-state index contributed by atoms with van der Waals surface area (Å²) in [6.45, 7) is 8.51. The Labute approximate surface area is 114 Å². The van der Waals surface area contributed by atoms with Crippen molar-refractivity contribution >= 4 is 0 Å². The molecule has 0 spiro atoms. The van der Waals surface area contributed by atoms with Gasteiger partial charge in [-0.2, -0.15) is 0 Å². The highest BCUT2D eigenvalue weighted by Crippen LogP contribution is 2.27. The van der Waals surface area contributed by atoms with Gasteiger partial charge in [0.25, 0.3) is 0 Å². The third-order valence-electron chi connectivity index (χ3n) is 4.95. The standard InChI is InChI=1S/C16H32N2/c1-14(2)18-12-5-8-16(10-13-18)17-11-9-15-6-3-4-7-15/h14-17H,3-13H2,1-2H3. The Morgan fingerprint density at radius 1 is 1.00 bits per heavy atom. The van der Waals surface area contributed by atoms with E-state index in [1.54, 1.807) is 0 Å². The SMILES string of the molecule is CC(C)N1CCCC(NCCC2CCCC2)CC1. The van der Waals surface area contributed by atoms with Gasteiger partial charge in [-0.25, -0.2) is 0 Å². The van der Waals surface area contributed by atoms with Crippen LogP contribution in [-0.4, -0.2) is 36.6 Å². The summed E-state index contributed by atoms with van der Waals surface area (Å²) in [5.74, 6) is 1.04. The molecule has 1 aliphatic carbocycles. The van der Waals surface area contributed by atoms with Crippen molar-refractivity contribution in [2.75, 3.05) is 19.6 Å². The van der Waals surface area contributed by atoms with E-state index < -0.39 is 0 Å². The molecule has 2 heteroatoms. The largest absolute Gasteiger partial charge is 0.314 e. The summed E-state index contributed by atoms with van der Waals surface area (Å²) < 4.78 is 0. The van der Waals surface area contributed by atoms with Gasteiger partial charge in [0.2, 0.25) is 0 Å². The van der Waals surface area contributed by atoms with Gasteiger partial charge in [-0.1, -0.05) is 25.7 Å². The minimum atomic E-state index is 0.724. The first-order valence-electron chi connectivity index (χ1n) is 8.23. The van der Waals surface area contributed by atoms with Crippen LogP contribution in [0.2, 0.25) is 0 Å². The number of nitrogens with one attached hydrogen (secondary N) is 1. The fraction of sp³-hybridized carbons (Fsp3) is 1.00. The molecule has 2 aliphatic rings. The van der Waals surface area contributed by atoms with E-state index in [0.29, 0.717) is 0 Å². The molecule has 0 amide bonds. The van der Waals surface area contributed by atoms with Crippen molar-refractivity contribution in [2.24, 2.45) is 5.92 Å². The summed E-state index contributed by atoms with van der Waals surface area (Å²) in [5, 5.41) is 3.82. The Bertz CT molecular complexity index is 221. The summed E-state index contributed by atoms with van der Waals surface area (Å²) in [5.41, 5.74) is 0. The Hall–Kier alpha value is -0.0800. The Balaban J connectivity index is 1.61. The van der Waals surface area contributed by atoms with Crippen molar-refractivity contribution in [2.45, 2.75) is 77.3 Å². The van der Waals surface area contributed by atoms with Crippen LogP contribution in [0.15, 0.2) is 0 Å². The zero-order valence-electron chi connectivity index (χ0n) is 12.5. The number of hydrogen-bond acceptors (Lipinski definition) is 2. The van der Waals surface area contributed by atoms with E-state index in [2.05, 4.69) is 24.1 Å². The Morgan fingerprint density at radius 3 is 2.50 bits per heavy atom. The average Bonchev–Trinajstić information content (AvgIpc) is 2.73. The second kappa shape index (κ2) is 7.49. The summed E-state index contributed by atoms with van der Waals surface area (Å²) >= 11 is 0. The van der Waals surface area contributed by atoms with Crippen molar-refractivity contribution in [1.29, 1.82) is 0 Å². The van der Waals surface area contributed by atoms with E-state index in [9.17, 15) is 0 Å². The summed E-state index contributed by atoms with van der Waals surface area (Å²) in [7, 11) is 0. The molecule has 1 saturated carbocycles. The molecule has 1 unspecified atom stereocenters. The second-order valence-corrected chi connectivity index (χ2v) is 6.65. The molecule has 2 rings (SSSR count). The van der Waals surface area contributed by atoms with Gasteiger partial charge in [-0.15, -0.1) is 0 Å². The van der Waals surface area contributed by atoms with Gasteiger partial charge in [-0.3, -0.25) is 0 Å². The van der Waals surface area contributed by atoms with Crippen LogP contribution in [0, 0.1) is 5.92 Å². The van der Waals surface area contributed by atoms with E-state index in [4.69, 9.17) is 0 Å². The van der Waals surface area contributed by atoms with E-state index >= 15 is 0 Å².